The third kappa shape index (κ3) is 2.86. The Labute approximate surface area is 112 Å². The minimum atomic E-state index is 0.656. The van der Waals surface area contributed by atoms with Crippen LogP contribution in [0.2, 0.25) is 0 Å². The topological polar surface area (TPSA) is 6.48 Å². The maximum Gasteiger partial charge on any atom is 0.0369 e. The second kappa shape index (κ2) is 6.24. The smallest absolute Gasteiger partial charge is 0.0369 e. The molecule has 18 heavy (non-hydrogen) atoms. The minimum absolute atomic E-state index is 0.656. The third-order valence-corrected chi connectivity index (χ3v) is 4.07. The van der Waals surface area contributed by atoms with Gasteiger partial charge in [-0.05, 0) is 45.0 Å². The molecule has 1 aromatic carbocycles. The van der Waals surface area contributed by atoms with Gasteiger partial charge >= 0.3 is 0 Å². The molecule has 2 rings (SSSR count). The van der Waals surface area contributed by atoms with Gasteiger partial charge in [0.25, 0.3) is 0 Å². The van der Waals surface area contributed by atoms with Gasteiger partial charge in [0.2, 0.25) is 0 Å². The first-order valence-electron chi connectivity index (χ1n) is 7.32. The van der Waals surface area contributed by atoms with Crippen molar-refractivity contribution in [3.05, 3.63) is 30.3 Å². The molecule has 100 valence electrons. The maximum atomic E-state index is 2.64. The van der Waals surface area contributed by atoms with Crippen LogP contribution in [0.3, 0.4) is 0 Å². The second-order valence-electron chi connectivity index (χ2n) is 5.36. The molecule has 0 radical (unpaired) electrons. The molecule has 0 aliphatic carbocycles. The SMILES string of the molecule is CCCN(CC)C1CC(C)N(c2ccccc2)C1. The van der Waals surface area contributed by atoms with Crippen molar-refractivity contribution in [2.24, 2.45) is 0 Å². The lowest BCUT2D eigenvalue weighted by Gasteiger charge is -2.27. The lowest BCUT2D eigenvalue weighted by atomic mass is 10.1. The summed E-state index contributed by atoms with van der Waals surface area (Å²) in [6.45, 7) is 10.5. The number of hydrogen-bond acceptors (Lipinski definition) is 2. The van der Waals surface area contributed by atoms with E-state index in [1.807, 2.05) is 0 Å². The van der Waals surface area contributed by atoms with E-state index in [1.54, 1.807) is 0 Å². The lowest BCUT2D eigenvalue weighted by molar-refractivity contribution is 0.218. The average molecular weight is 246 g/mol. The third-order valence-electron chi connectivity index (χ3n) is 4.07. The van der Waals surface area contributed by atoms with Crippen molar-refractivity contribution in [1.29, 1.82) is 0 Å². The van der Waals surface area contributed by atoms with E-state index in [0.29, 0.717) is 6.04 Å². The van der Waals surface area contributed by atoms with E-state index < -0.39 is 0 Å². The molecular weight excluding hydrogens is 220 g/mol. The molecule has 1 saturated heterocycles. The normalized spacial score (nSPS) is 23.9. The Morgan fingerprint density at radius 3 is 2.56 bits per heavy atom. The fourth-order valence-electron chi connectivity index (χ4n) is 3.13. The van der Waals surface area contributed by atoms with E-state index in [2.05, 4.69) is 60.9 Å². The van der Waals surface area contributed by atoms with Gasteiger partial charge in [-0.3, -0.25) is 4.90 Å². The molecule has 1 aliphatic heterocycles. The van der Waals surface area contributed by atoms with Crippen LogP contribution >= 0.6 is 0 Å². The highest BCUT2D eigenvalue weighted by atomic mass is 15.3. The van der Waals surface area contributed by atoms with E-state index in [0.717, 1.165) is 6.04 Å². The van der Waals surface area contributed by atoms with Gasteiger partial charge in [0.15, 0.2) is 0 Å². The number of nitrogens with zero attached hydrogens (tertiary/aromatic N) is 2. The predicted octanol–water partition coefficient (Wildman–Crippen LogP) is 3.39. The number of rotatable bonds is 5. The summed E-state index contributed by atoms with van der Waals surface area (Å²) in [6.07, 6.45) is 2.55. The first-order chi connectivity index (χ1) is 8.76. The van der Waals surface area contributed by atoms with Gasteiger partial charge < -0.3 is 4.90 Å². The van der Waals surface area contributed by atoms with Gasteiger partial charge in [-0.15, -0.1) is 0 Å². The fraction of sp³-hybridized carbons (Fsp3) is 0.625. The van der Waals surface area contributed by atoms with E-state index in [4.69, 9.17) is 0 Å². The molecule has 1 heterocycles. The summed E-state index contributed by atoms with van der Waals surface area (Å²) in [5.74, 6) is 0. The number of likely N-dealkylation sites (N-methyl/N-ethyl adjacent to an activating group) is 1. The average Bonchev–Trinajstić information content (AvgIpc) is 2.79. The molecule has 2 nitrogen and oxygen atoms in total. The van der Waals surface area contributed by atoms with Crippen LogP contribution in [0.15, 0.2) is 30.3 Å². The van der Waals surface area contributed by atoms with E-state index >= 15 is 0 Å². The van der Waals surface area contributed by atoms with Crippen molar-refractivity contribution in [1.82, 2.24) is 4.90 Å². The van der Waals surface area contributed by atoms with Gasteiger partial charge in [0.1, 0.15) is 0 Å². The van der Waals surface area contributed by atoms with E-state index in [1.165, 1.54) is 38.2 Å². The maximum absolute atomic E-state index is 2.64. The van der Waals surface area contributed by atoms with Crippen LogP contribution in [0.1, 0.15) is 33.6 Å². The summed E-state index contributed by atoms with van der Waals surface area (Å²) in [5.41, 5.74) is 1.38. The van der Waals surface area contributed by atoms with Gasteiger partial charge in [0, 0.05) is 24.3 Å². The van der Waals surface area contributed by atoms with E-state index in [9.17, 15) is 0 Å². The molecule has 2 atom stereocenters. The molecule has 0 spiro atoms. The fourth-order valence-corrected chi connectivity index (χ4v) is 3.13. The first kappa shape index (κ1) is 13.4. The molecule has 1 fully saturated rings. The Kier molecular flexibility index (Phi) is 4.65. The summed E-state index contributed by atoms with van der Waals surface area (Å²) < 4.78 is 0. The highest BCUT2D eigenvalue weighted by molar-refractivity contribution is 5.48. The first-order valence-corrected chi connectivity index (χ1v) is 7.32. The van der Waals surface area contributed by atoms with Gasteiger partial charge in [-0.1, -0.05) is 32.0 Å². The van der Waals surface area contributed by atoms with Gasteiger partial charge in [0.05, 0.1) is 0 Å². The van der Waals surface area contributed by atoms with Crippen LogP contribution in [0.25, 0.3) is 0 Å². The zero-order valence-corrected chi connectivity index (χ0v) is 12.0. The Balaban J connectivity index is 2.04. The van der Waals surface area contributed by atoms with Crippen molar-refractivity contribution in [2.75, 3.05) is 24.5 Å². The molecule has 1 aromatic rings. The number of benzene rings is 1. The van der Waals surface area contributed by atoms with Gasteiger partial charge in [-0.2, -0.15) is 0 Å². The zero-order chi connectivity index (χ0) is 13.0. The highest BCUT2D eigenvalue weighted by Gasteiger charge is 2.31. The van der Waals surface area contributed by atoms with Crippen molar-refractivity contribution in [3.8, 4) is 0 Å². The van der Waals surface area contributed by atoms with Crippen LogP contribution < -0.4 is 4.90 Å². The summed E-state index contributed by atoms with van der Waals surface area (Å²) in [6, 6.07) is 12.2. The number of anilines is 1. The summed E-state index contributed by atoms with van der Waals surface area (Å²) in [7, 11) is 0. The van der Waals surface area contributed by atoms with Crippen LogP contribution in [0, 0.1) is 0 Å². The molecule has 0 bridgehead atoms. The summed E-state index contributed by atoms with van der Waals surface area (Å²) in [4.78, 5) is 5.20. The molecule has 0 N–H and O–H groups in total. The quantitative estimate of drug-likeness (QED) is 0.786. The molecule has 0 saturated carbocycles. The van der Waals surface area contributed by atoms with Crippen LogP contribution in [-0.2, 0) is 0 Å². The van der Waals surface area contributed by atoms with Crippen LogP contribution in [-0.4, -0.2) is 36.6 Å². The highest BCUT2D eigenvalue weighted by Crippen LogP contribution is 2.27. The van der Waals surface area contributed by atoms with Crippen LogP contribution in [0.5, 0.6) is 0 Å². The second-order valence-corrected chi connectivity index (χ2v) is 5.36. The Morgan fingerprint density at radius 1 is 1.22 bits per heavy atom. The molecule has 0 amide bonds. The Morgan fingerprint density at radius 2 is 1.94 bits per heavy atom. The molecule has 0 aromatic heterocycles. The minimum Gasteiger partial charge on any atom is -0.367 e. The Bertz CT molecular complexity index is 349. The monoisotopic (exact) mass is 246 g/mol. The standard InChI is InChI=1S/C16H26N2/c1-4-11-17(5-2)16-12-14(3)18(13-16)15-9-7-6-8-10-15/h6-10,14,16H,4-5,11-13H2,1-3H3. The van der Waals surface area contributed by atoms with Crippen molar-refractivity contribution >= 4 is 5.69 Å². The molecular formula is C16H26N2. The summed E-state index contributed by atoms with van der Waals surface area (Å²) in [5, 5.41) is 0. The van der Waals surface area contributed by atoms with Crippen molar-refractivity contribution in [2.45, 2.75) is 45.7 Å². The zero-order valence-electron chi connectivity index (χ0n) is 12.0. The molecule has 2 unspecified atom stereocenters. The van der Waals surface area contributed by atoms with Crippen molar-refractivity contribution in [3.63, 3.8) is 0 Å². The number of para-hydroxylation sites is 1. The molecule has 2 heteroatoms. The Hall–Kier alpha value is -1.02. The summed E-state index contributed by atoms with van der Waals surface area (Å²) >= 11 is 0. The van der Waals surface area contributed by atoms with E-state index in [-0.39, 0.29) is 0 Å². The van der Waals surface area contributed by atoms with Crippen molar-refractivity contribution < 1.29 is 0 Å². The number of hydrogen-bond donors (Lipinski definition) is 0. The molecule has 1 aliphatic rings. The van der Waals surface area contributed by atoms with Crippen LogP contribution in [0.4, 0.5) is 5.69 Å². The largest absolute Gasteiger partial charge is 0.367 e. The predicted molar refractivity (Wildman–Crippen MR) is 79.2 cm³/mol. The van der Waals surface area contributed by atoms with Gasteiger partial charge in [-0.25, -0.2) is 0 Å². The lowest BCUT2D eigenvalue weighted by Crippen LogP contribution is -2.38.